The molecular formula is C13H16O4S. The quantitative estimate of drug-likeness (QED) is 0.784. The van der Waals surface area contributed by atoms with Crippen molar-refractivity contribution in [1.29, 1.82) is 0 Å². The summed E-state index contributed by atoms with van der Waals surface area (Å²) < 4.78 is 9.03. The summed E-state index contributed by atoms with van der Waals surface area (Å²) in [5, 5.41) is -0.528. The van der Waals surface area contributed by atoms with E-state index in [9.17, 15) is 9.59 Å². The van der Waals surface area contributed by atoms with Crippen LogP contribution >= 0.6 is 11.8 Å². The number of ether oxygens (including phenoxy) is 2. The summed E-state index contributed by atoms with van der Waals surface area (Å²) in [6.07, 6.45) is 0. The summed E-state index contributed by atoms with van der Waals surface area (Å²) in [4.78, 5) is 23.3. The number of esters is 1. The predicted molar refractivity (Wildman–Crippen MR) is 70.8 cm³/mol. The van der Waals surface area contributed by atoms with E-state index in [0.717, 1.165) is 11.8 Å². The lowest BCUT2D eigenvalue weighted by Gasteiger charge is -2.19. The van der Waals surface area contributed by atoms with Gasteiger partial charge in [0.25, 0.3) is 0 Å². The molecule has 0 atom stereocenters. The first-order valence-electron chi connectivity index (χ1n) is 5.59. The average molecular weight is 268 g/mol. The summed E-state index contributed by atoms with van der Waals surface area (Å²) in [7, 11) is 0. The number of rotatable bonds is 4. The molecule has 1 aromatic carbocycles. The van der Waals surface area contributed by atoms with Gasteiger partial charge in [-0.05, 0) is 44.7 Å². The molecule has 0 bridgehead atoms. The lowest BCUT2D eigenvalue weighted by Crippen LogP contribution is -2.32. The van der Waals surface area contributed by atoms with Crippen molar-refractivity contribution in [2.75, 3.05) is 6.61 Å². The van der Waals surface area contributed by atoms with Gasteiger partial charge in [0.2, 0.25) is 0 Å². The normalized spacial score (nSPS) is 10.8. The first-order valence-corrected chi connectivity index (χ1v) is 6.40. The van der Waals surface area contributed by atoms with Crippen molar-refractivity contribution in [3.05, 3.63) is 30.3 Å². The van der Waals surface area contributed by atoms with E-state index in [4.69, 9.17) is 9.47 Å². The summed E-state index contributed by atoms with van der Waals surface area (Å²) in [6.45, 7) is 5.27. The van der Waals surface area contributed by atoms with Gasteiger partial charge < -0.3 is 9.47 Å². The highest BCUT2D eigenvalue weighted by atomic mass is 32.2. The summed E-state index contributed by atoms with van der Waals surface area (Å²) in [5.41, 5.74) is 0. The highest BCUT2D eigenvalue weighted by Gasteiger charge is 2.34. The Bertz CT molecular complexity index is 414. The number of para-hydroxylation sites is 1. The lowest BCUT2D eigenvalue weighted by atomic mass is 10.2. The lowest BCUT2D eigenvalue weighted by molar-refractivity contribution is -0.145. The van der Waals surface area contributed by atoms with Crippen molar-refractivity contribution < 1.29 is 19.1 Å². The molecular weight excluding hydrogens is 252 g/mol. The van der Waals surface area contributed by atoms with E-state index < -0.39 is 16.0 Å². The maximum Gasteiger partial charge on any atom is 0.373 e. The fourth-order valence-corrected chi connectivity index (χ4v) is 1.86. The molecule has 98 valence electrons. The fourth-order valence-electron chi connectivity index (χ4n) is 1.16. The third-order valence-corrected chi connectivity index (χ3v) is 2.98. The van der Waals surface area contributed by atoms with Crippen LogP contribution in [0.3, 0.4) is 0 Å². The maximum atomic E-state index is 11.7. The molecule has 0 unspecified atom stereocenters. The number of hydrogen-bond acceptors (Lipinski definition) is 5. The van der Waals surface area contributed by atoms with Crippen molar-refractivity contribution in [2.45, 2.75) is 25.5 Å². The second kappa shape index (κ2) is 6.44. The molecule has 1 aromatic rings. The Hall–Kier alpha value is -1.49. The Labute approximate surface area is 111 Å². The van der Waals surface area contributed by atoms with E-state index in [-0.39, 0.29) is 6.61 Å². The molecule has 5 heteroatoms. The summed E-state index contributed by atoms with van der Waals surface area (Å²) in [6, 6.07) is 8.71. The molecule has 0 aliphatic heterocycles. The van der Waals surface area contributed by atoms with Crippen molar-refractivity contribution in [3.8, 4) is 5.75 Å². The van der Waals surface area contributed by atoms with Gasteiger partial charge in [0.15, 0.2) is 0 Å². The molecule has 0 aliphatic carbocycles. The third-order valence-electron chi connectivity index (χ3n) is 2.05. The largest absolute Gasteiger partial charge is 0.465 e. The zero-order valence-corrected chi connectivity index (χ0v) is 11.5. The van der Waals surface area contributed by atoms with Crippen LogP contribution in [0, 0.1) is 0 Å². The minimum atomic E-state index is -0.956. The van der Waals surface area contributed by atoms with Gasteiger partial charge in [0, 0.05) is 0 Å². The monoisotopic (exact) mass is 268 g/mol. The molecule has 0 saturated heterocycles. The number of thioether (sulfide) groups is 1. The molecule has 1 rings (SSSR count). The van der Waals surface area contributed by atoms with Gasteiger partial charge in [-0.3, -0.25) is 4.79 Å². The van der Waals surface area contributed by atoms with Crippen molar-refractivity contribution in [1.82, 2.24) is 0 Å². The van der Waals surface area contributed by atoms with Gasteiger partial charge in [-0.15, -0.1) is 0 Å². The zero-order valence-electron chi connectivity index (χ0n) is 10.6. The molecule has 0 N–H and O–H groups in total. The second-order valence-electron chi connectivity index (χ2n) is 4.00. The Morgan fingerprint density at radius 2 is 1.83 bits per heavy atom. The van der Waals surface area contributed by atoms with Crippen molar-refractivity contribution in [2.24, 2.45) is 0 Å². The van der Waals surface area contributed by atoms with E-state index in [0.29, 0.717) is 5.75 Å². The minimum absolute atomic E-state index is 0.288. The molecule has 4 nitrogen and oxygen atoms in total. The van der Waals surface area contributed by atoms with Crippen LogP contribution in [-0.4, -0.2) is 22.6 Å². The Morgan fingerprint density at radius 1 is 1.22 bits per heavy atom. The third kappa shape index (κ3) is 4.41. The number of carbonyl (C=O) groups is 2. The minimum Gasteiger partial charge on any atom is -0.465 e. The highest BCUT2D eigenvalue weighted by molar-refractivity contribution is 8.15. The smallest absolute Gasteiger partial charge is 0.373 e. The summed E-state index contributed by atoms with van der Waals surface area (Å²) >= 11 is 0.809. The van der Waals surface area contributed by atoms with Crippen LogP contribution in [0.5, 0.6) is 5.75 Å². The number of hydrogen-bond donors (Lipinski definition) is 0. The molecule has 0 saturated carbocycles. The van der Waals surface area contributed by atoms with E-state index in [1.54, 1.807) is 45.0 Å². The first-order chi connectivity index (χ1) is 8.45. The van der Waals surface area contributed by atoms with E-state index >= 15 is 0 Å². The molecule has 0 fully saturated rings. The Kier molecular flexibility index (Phi) is 5.22. The van der Waals surface area contributed by atoms with Crippen molar-refractivity contribution >= 4 is 23.0 Å². The Balaban J connectivity index is 2.56. The molecule has 0 amide bonds. The molecule has 0 heterocycles. The fraction of sp³-hybridized carbons (Fsp3) is 0.385. The van der Waals surface area contributed by atoms with Gasteiger partial charge in [-0.1, -0.05) is 18.2 Å². The average Bonchev–Trinajstić information content (AvgIpc) is 2.29. The zero-order chi connectivity index (χ0) is 13.6. The molecule has 0 radical (unpaired) electrons. The van der Waals surface area contributed by atoms with E-state index in [1.165, 1.54) is 0 Å². The Morgan fingerprint density at radius 3 is 2.39 bits per heavy atom. The van der Waals surface area contributed by atoms with Gasteiger partial charge >= 0.3 is 11.3 Å². The number of carbonyl (C=O) groups excluding carboxylic acids is 2. The van der Waals surface area contributed by atoms with Gasteiger partial charge in [0.1, 0.15) is 10.5 Å². The molecule has 0 aliphatic rings. The van der Waals surface area contributed by atoms with Crippen LogP contribution in [0.4, 0.5) is 4.79 Å². The van der Waals surface area contributed by atoms with Gasteiger partial charge in [-0.2, -0.15) is 0 Å². The highest BCUT2D eigenvalue weighted by Crippen LogP contribution is 2.28. The number of benzene rings is 1. The van der Waals surface area contributed by atoms with Crippen LogP contribution in [0.15, 0.2) is 30.3 Å². The van der Waals surface area contributed by atoms with E-state index in [1.807, 2.05) is 6.07 Å². The molecule has 18 heavy (non-hydrogen) atoms. The van der Waals surface area contributed by atoms with E-state index in [2.05, 4.69) is 0 Å². The van der Waals surface area contributed by atoms with Crippen LogP contribution in [0.25, 0.3) is 0 Å². The summed E-state index contributed by atoms with van der Waals surface area (Å²) in [5.74, 6) is 0.0228. The second-order valence-corrected chi connectivity index (χ2v) is 5.56. The topological polar surface area (TPSA) is 52.6 Å². The van der Waals surface area contributed by atoms with Crippen LogP contribution in [0.1, 0.15) is 20.8 Å². The standard InChI is InChI=1S/C13H16O4S/c1-4-16-11(14)13(2,3)18-12(15)17-10-8-6-5-7-9-10/h5-9H,4H2,1-3H3. The van der Waals surface area contributed by atoms with Crippen LogP contribution in [0.2, 0.25) is 0 Å². The van der Waals surface area contributed by atoms with Gasteiger partial charge in [0.05, 0.1) is 6.61 Å². The first kappa shape index (κ1) is 14.6. The van der Waals surface area contributed by atoms with Gasteiger partial charge in [-0.25, -0.2) is 4.79 Å². The van der Waals surface area contributed by atoms with Crippen molar-refractivity contribution in [3.63, 3.8) is 0 Å². The maximum absolute atomic E-state index is 11.7. The molecule has 0 spiro atoms. The van der Waals surface area contributed by atoms with Crippen LogP contribution < -0.4 is 4.74 Å². The molecule has 0 aromatic heterocycles. The van der Waals surface area contributed by atoms with Crippen LogP contribution in [-0.2, 0) is 9.53 Å². The SMILES string of the molecule is CCOC(=O)C(C)(C)SC(=O)Oc1ccccc1. The predicted octanol–water partition coefficient (Wildman–Crippen LogP) is 3.26.